The zero-order valence-corrected chi connectivity index (χ0v) is 18.8. The average molecular weight is 463 g/mol. The van der Waals surface area contributed by atoms with Crippen LogP contribution in [0.5, 0.6) is 5.75 Å². The van der Waals surface area contributed by atoms with Gasteiger partial charge >= 0.3 is 0 Å². The van der Waals surface area contributed by atoms with Crippen molar-refractivity contribution in [2.45, 2.75) is 19.9 Å². The lowest BCUT2D eigenvalue weighted by molar-refractivity contribution is -0.384. The minimum Gasteiger partial charge on any atom is -0.484 e. The van der Waals surface area contributed by atoms with Gasteiger partial charge < -0.3 is 20.7 Å². The lowest BCUT2D eigenvalue weighted by Crippen LogP contribution is -2.28. The maximum absolute atomic E-state index is 12.7. The van der Waals surface area contributed by atoms with Gasteiger partial charge in [0.1, 0.15) is 11.4 Å². The van der Waals surface area contributed by atoms with Gasteiger partial charge in [-0.05, 0) is 62.4 Å². The fraction of sp³-hybridized carbons (Fsp3) is 0.208. The number of hydrogen-bond acceptors (Lipinski definition) is 7. The van der Waals surface area contributed by atoms with Gasteiger partial charge in [-0.15, -0.1) is 0 Å². The van der Waals surface area contributed by atoms with Crippen LogP contribution in [0.4, 0.5) is 17.1 Å². The highest BCUT2D eigenvalue weighted by molar-refractivity contribution is 6.05. The Morgan fingerprint density at radius 2 is 1.88 bits per heavy atom. The number of carbonyl (C=O) groups is 2. The highest BCUT2D eigenvalue weighted by atomic mass is 16.6. The number of aromatic nitrogens is 1. The molecular formula is C24H25N5O5. The quantitative estimate of drug-likeness (QED) is 0.306. The lowest BCUT2D eigenvalue weighted by Gasteiger charge is -2.15. The Labute approximate surface area is 196 Å². The third kappa shape index (κ3) is 6.52. The summed E-state index contributed by atoms with van der Waals surface area (Å²) in [4.78, 5) is 39.5. The maximum atomic E-state index is 12.7. The largest absolute Gasteiger partial charge is 0.484 e. The Bertz CT molecular complexity index is 1150. The van der Waals surface area contributed by atoms with E-state index in [1.54, 1.807) is 36.5 Å². The summed E-state index contributed by atoms with van der Waals surface area (Å²) >= 11 is 0. The van der Waals surface area contributed by atoms with Gasteiger partial charge in [0.25, 0.3) is 17.5 Å². The number of amides is 2. The van der Waals surface area contributed by atoms with Crippen molar-refractivity contribution in [2.75, 3.05) is 23.8 Å². The molecule has 0 spiro atoms. The first-order valence-electron chi connectivity index (χ1n) is 10.6. The normalized spacial score (nSPS) is 11.2. The molecule has 0 aliphatic carbocycles. The lowest BCUT2D eigenvalue weighted by atomic mass is 10.1. The summed E-state index contributed by atoms with van der Waals surface area (Å²) in [5, 5.41) is 20.0. The van der Waals surface area contributed by atoms with E-state index in [1.807, 2.05) is 26.0 Å². The van der Waals surface area contributed by atoms with E-state index in [0.29, 0.717) is 18.0 Å². The summed E-state index contributed by atoms with van der Waals surface area (Å²) in [5.74, 6) is -0.255. The van der Waals surface area contributed by atoms with Crippen molar-refractivity contribution < 1.29 is 19.2 Å². The molecule has 1 unspecified atom stereocenters. The first-order chi connectivity index (χ1) is 16.4. The van der Waals surface area contributed by atoms with E-state index in [0.717, 1.165) is 5.69 Å². The maximum Gasteiger partial charge on any atom is 0.293 e. The van der Waals surface area contributed by atoms with Crippen LogP contribution in [-0.4, -0.2) is 34.9 Å². The van der Waals surface area contributed by atoms with Crippen molar-refractivity contribution in [1.29, 1.82) is 0 Å². The highest BCUT2D eigenvalue weighted by Crippen LogP contribution is 2.29. The Hall–Kier alpha value is -4.47. The molecule has 1 atom stereocenters. The average Bonchev–Trinajstić information content (AvgIpc) is 2.84. The fourth-order valence-corrected chi connectivity index (χ4v) is 3.12. The predicted molar refractivity (Wildman–Crippen MR) is 128 cm³/mol. The molecule has 0 bridgehead atoms. The number of benzene rings is 2. The van der Waals surface area contributed by atoms with Crippen LogP contribution >= 0.6 is 0 Å². The third-order valence-corrected chi connectivity index (χ3v) is 4.82. The second-order valence-electron chi connectivity index (χ2n) is 7.33. The van der Waals surface area contributed by atoms with E-state index in [2.05, 4.69) is 20.9 Å². The summed E-state index contributed by atoms with van der Waals surface area (Å²) in [6.45, 7) is 4.07. The Morgan fingerprint density at radius 3 is 2.53 bits per heavy atom. The number of likely N-dealkylation sites (N-methyl/N-ethyl adjacent to an activating group) is 1. The molecule has 3 rings (SSSR count). The van der Waals surface area contributed by atoms with Gasteiger partial charge in [-0.3, -0.25) is 24.7 Å². The van der Waals surface area contributed by atoms with Gasteiger partial charge in [-0.2, -0.15) is 0 Å². The predicted octanol–water partition coefficient (Wildman–Crippen LogP) is 3.93. The highest BCUT2D eigenvalue weighted by Gasteiger charge is 2.20. The second-order valence-corrected chi connectivity index (χ2v) is 7.33. The topological polar surface area (TPSA) is 135 Å². The molecule has 2 amide bonds. The van der Waals surface area contributed by atoms with Gasteiger partial charge in [-0.1, -0.05) is 6.07 Å². The molecule has 10 nitrogen and oxygen atoms in total. The van der Waals surface area contributed by atoms with E-state index in [1.165, 1.54) is 18.2 Å². The standard InChI is InChI=1S/C24H25N5O5/c1-3-25-23(30)15-34-19-10-8-18(9-11-19)28-24(31)17-7-12-21(22(14-17)29(32)33)27-16(2)20-6-4-5-13-26-20/h4-14,16,27H,3,15H2,1-2H3,(H,25,30)(H,28,31). The molecule has 3 aromatic rings. The summed E-state index contributed by atoms with van der Waals surface area (Å²) in [5.41, 5.74) is 1.41. The van der Waals surface area contributed by atoms with Crippen LogP contribution in [0.3, 0.4) is 0 Å². The van der Waals surface area contributed by atoms with E-state index in [4.69, 9.17) is 4.74 Å². The summed E-state index contributed by atoms with van der Waals surface area (Å²) < 4.78 is 5.37. The van der Waals surface area contributed by atoms with Crippen LogP contribution in [-0.2, 0) is 4.79 Å². The number of ether oxygens (including phenoxy) is 1. The summed E-state index contributed by atoms with van der Waals surface area (Å²) in [6, 6.07) is 15.9. The Morgan fingerprint density at radius 1 is 1.12 bits per heavy atom. The first kappa shape index (κ1) is 24.2. The van der Waals surface area contributed by atoms with E-state index in [9.17, 15) is 19.7 Å². The van der Waals surface area contributed by atoms with E-state index in [-0.39, 0.29) is 35.5 Å². The molecular weight excluding hydrogens is 438 g/mol. The molecule has 34 heavy (non-hydrogen) atoms. The number of nitro groups is 1. The van der Waals surface area contributed by atoms with Crippen molar-refractivity contribution in [1.82, 2.24) is 10.3 Å². The first-order valence-corrected chi connectivity index (χ1v) is 10.6. The fourth-order valence-electron chi connectivity index (χ4n) is 3.12. The van der Waals surface area contributed by atoms with Crippen molar-refractivity contribution in [3.05, 3.63) is 88.2 Å². The molecule has 0 radical (unpaired) electrons. The van der Waals surface area contributed by atoms with Crippen LogP contribution < -0.4 is 20.7 Å². The molecule has 10 heteroatoms. The Kier molecular flexibility index (Phi) is 8.11. The van der Waals surface area contributed by atoms with Crippen LogP contribution in [0.2, 0.25) is 0 Å². The van der Waals surface area contributed by atoms with E-state index < -0.39 is 10.8 Å². The number of nitrogens with zero attached hydrogens (tertiary/aromatic N) is 2. The van der Waals surface area contributed by atoms with Gasteiger partial charge in [0.15, 0.2) is 6.61 Å². The van der Waals surface area contributed by atoms with Crippen molar-refractivity contribution in [3.63, 3.8) is 0 Å². The second kappa shape index (κ2) is 11.4. The van der Waals surface area contributed by atoms with Gasteiger partial charge in [0.2, 0.25) is 0 Å². The van der Waals surface area contributed by atoms with Crippen LogP contribution in [0.25, 0.3) is 0 Å². The van der Waals surface area contributed by atoms with Crippen LogP contribution in [0.15, 0.2) is 66.9 Å². The minimum atomic E-state index is -0.537. The van der Waals surface area contributed by atoms with Gasteiger partial charge in [0, 0.05) is 30.1 Å². The van der Waals surface area contributed by atoms with Gasteiger partial charge in [0.05, 0.1) is 16.7 Å². The molecule has 0 saturated heterocycles. The number of rotatable bonds is 10. The number of nitrogens with one attached hydrogen (secondary N) is 3. The molecule has 0 saturated carbocycles. The van der Waals surface area contributed by atoms with Crippen molar-refractivity contribution in [3.8, 4) is 5.75 Å². The number of hydrogen-bond donors (Lipinski definition) is 3. The monoisotopic (exact) mass is 463 g/mol. The Balaban J connectivity index is 1.67. The van der Waals surface area contributed by atoms with E-state index >= 15 is 0 Å². The molecule has 2 aromatic carbocycles. The summed E-state index contributed by atoms with van der Waals surface area (Å²) in [7, 11) is 0. The minimum absolute atomic E-state index is 0.109. The number of carbonyl (C=O) groups excluding carboxylic acids is 2. The molecule has 3 N–H and O–H groups in total. The number of nitro benzene ring substituents is 1. The molecule has 176 valence electrons. The molecule has 1 heterocycles. The van der Waals surface area contributed by atoms with Gasteiger partial charge in [-0.25, -0.2) is 0 Å². The van der Waals surface area contributed by atoms with Crippen LogP contribution in [0.1, 0.15) is 35.9 Å². The smallest absolute Gasteiger partial charge is 0.293 e. The third-order valence-electron chi connectivity index (χ3n) is 4.82. The zero-order chi connectivity index (χ0) is 24.5. The zero-order valence-electron chi connectivity index (χ0n) is 18.8. The molecule has 0 aliphatic heterocycles. The number of anilines is 2. The van der Waals surface area contributed by atoms with Crippen molar-refractivity contribution >= 4 is 28.9 Å². The van der Waals surface area contributed by atoms with Crippen LogP contribution in [0, 0.1) is 10.1 Å². The SMILES string of the molecule is CCNC(=O)COc1ccc(NC(=O)c2ccc(NC(C)c3ccccn3)c([N+](=O)[O-])c2)cc1. The summed E-state index contributed by atoms with van der Waals surface area (Å²) in [6.07, 6.45) is 1.65. The molecule has 1 aromatic heterocycles. The molecule has 0 fully saturated rings. The van der Waals surface area contributed by atoms with Crippen molar-refractivity contribution in [2.24, 2.45) is 0 Å². The number of pyridine rings is 1. The molecule has 0 aliphatic rings.